The zero-order valence-electron chi connectivity index (χ0n) is 19.1. The van der Waals surface area contributed by atoms with Crippen LogP contribution in [0.25, 0.3) is 10.4 Å². The Labute approximate surface area is 211 Å². The van der Waals surface area contributed by atoms with Gasteiger partial charge in [0.25, 0.3) is 5.56 Å². The monoisotopic (exact) mass is 601 g/mol. The second-order valence-corrected chi connectivity index (χ2v) is 13.9. The van der Waals surface area contributed by atoms with Crippen molar-refractivity contribution in [3.05, 3.63) is 73.4 Å². The molecule has 2 aromatic rings. The number of H-pyrrole nitrogens is 1. The molecule has 1 fully saturated rings. The Morgan fingerprint density at radius 1 is 1.24 bits per heavy atom. The highest BCUT2D eigenvalue weighted by Crippen LogP contribution is 2.78. The van der Waals surface area contributed by atoms with Gasteiger partial charge in [0.2, 0.25) is 0 Å². The first-order valence-electron chi connectivity index (χ1n) is 10.3. The van der Waals surface area contributed by atoms with Gasteiger partial charge in [-0.05, 0) is 24.6 Å². The molecular formula is C17H20F2N5O11P3. The maximum atomic E-state index is 14.7. The lowest BCUT2D eigenvalue weighted by Crippen LogP contribution is -2.33. The molecule has 1 aliphatic heterocycles. The molecule has 1 aliphatic rings. The highest BCUT2D eigenvalue weighted by Gasteiger charge is 2.67. The van der Waals surface area contributed by atoms with Gasteiger partial charge in [-0.1, -0.05) is 23.3 Å². The third-order valence-corrected chi connectivity index (χ3v) is 11.5. The quantitative estimate of drug-likeness (QED) is 0.133. The van der Waals surface area contributed by atoms with Crippen LogP contribution in [-0.4, -0.2) is 48.4 Å². The number of benzene rings is 1. The van der Waals surface area contributed by atoms with Crippen molar-refractivity contribution in [1.82, 2.24) is 9.55 Å². The number of nitrogens with zero attached hydrogens (tertiary/aromatic N) is 4. The van der Waals surface area contributed by atoms with Crippen LogP contribution in [0.1, 0.15) is 18.2 Å². The van der Waals surface area contributed by atoms with Crippen LogP contribution in [-0.2, 0) is 27.3 Å². The number of phosphoric ester groups is 1. The molecule has 208 valence electrons. The summed E-state index contributed by atoms with van der Waals surface area (Å²) in [6.45, 7) is 0.354. The number of hydrogen-bond donors (Lipinski definition) is 4. The van der Waals surface area contributed by atoms with E-state index in [9.17, 15) is 46.7 Å². The smallest absolute Gasteiger partial charge is 0.352 e. The van der Waals surface area contributed by atoms with Crippen LogP contribution in [0.2, 0.25) is 0 Å². The molecule has 21 heteroatoms. The van der Waals surface area contributed by atoms with Crippen molar-refractivity contribution in [2.24, 2.45) is 5.11 Å². The number of nitrogens with one attached hydrogen (secondary N) is 1. The van der Waals surface area contributed by atoms with Crippen molar-refractivity contribution in [3.63, 3.8) is 0 Å². The summed E-state index contributed by atoms with van der Waals surface area (Å²) in [7, 11) is -18.5. The SMILES string of the molecule is Cc1cn([C@H]2C[C@H](N=[N+]=[N-])[C@@H](COP(=O)(O)OP(=O)(O)C(F)(F)P(=O)(O)c3ccccc3)O2)c(=O)[nH]c1=O. The molecule has 0 saturated carbocycles. The van der Waals surface area contributed by atoms with E-state index in [2.05, 4.69) is 18.9 Å². The highest BCUT2D eigenvalue weighted by molar-refractivity contribution is 7.81. The lowest BCUT2D eigenvalue weighted by Gasteiger charge is -2.27. The molecule has 2 heterocycles. The number of aromatic nitrogens is 2. The van der Waals surface area contributed by atoms with Crippen LogP contribution < -0.4 is 16.6 Å². The molecule has 1 saturated heterocycles. The minimum absolute atomic E-state index is 0.123. The van der Waals surface area contributed by atoms with Crippen LogP contribution in [0.5, 0.6) is 0 Å². The summed E-state index contributed by atoms with van der Waals surface area (Å²) in [5, 5.41) is -2.93. The van der Waals surface area contributed by atoms with Gasteiger partial charge in [-0.25, -0.2) is 13.7 Å². The predicted molar refractivity (Wildman–Crippen MR) is 125 cm³/mol. The number of halogens is 2. The van der Waals surface area contributed by atoms with E-state index in [1.165, 1.54) is 13.0 Å². The normalized spacial score (nSPS) is 24.5. The molecule has 6 atom stereocenters. The van der Waals surface area contributed by atoms with Gasteiger partial charge in [0.1, 0.15) is 6.23 Å². The fourth-order valence-electron chi connectivity index (χ4n) is 3.36. The Hall–Kier alpha value is -2.48. The Morgan fingerprint density at radius 2 is 1.87 bits per heavy atom. The van der Waals surface area contributed by atoms with Crippen molar-refractivity contribution >= 4 is 28.1 Å². The van der Waals surface area contributed by atoms with Crippen LogP contribution in [0, 0.1) is 6.92 Å². The zero-order valence-corrected chi connectivity index (χ0v) is 21.8. The summed E-state index contributed by atoms with van der Waals surface area (Å²) in [5.41, 5.74) is 7.36. The molecule has 0 amide bonds. The van der Waals surface area contributed by atoms with Gasteiger partial charge < -0.3 is 19.4 Å². The Bertz CT molecular complexity index is 1510. The average molecular weight is 601 g/mol. The van der Waals surface area contributed by atoms with Crippen molar-refractivity contribution in [2.75, 3.05) is 6.61 Å². The van der Waals surface area contributed by atoms with E-state index in [4.69, 9.17) is 10.3 Å². The van der Waals surface area contributed by atoms with Gasteiger partial charge >= 0.3 is 33.9 Å². The molecule has 0 bridgehead atoms. The van der Waals surface area contributed by atoms with Crippen LogP contribution in [0.4, 0.5) is 8.78 Å². The summed E-state index contributed by atoms with van der Waals surface area (Å²) < 4.78 is 80.9. The van der Waals surface area contributed by atoms with Crippen molar-refractivity contribution in [2.45, 2.75) is 37.1 Å². The van der Waals surface area contributed by atoms with E-state index in [1.807, 2.05) is 4.98 Å². The number of phosphoric acid groups is 1. The summed E-state index contributed by atoms with van der Waals surface area (Å²) in [5.74, 6) is 0. The largest absolute Gasteiger partial charge is 0.479 e. The third-order valence-electron chi connectivity index (χ3n) is 5.29. The fraction of sp³-hybridized carbons (Fsp3) is 0.412. The topological polar surface area (TPSA) is 243 Å². The molecule has 4 N–H and O–H groups in total. The second kappa shape index (κ2) is 10.9. The Kier molecular flexibility index (Phi) is 8.66. The maximum Gasteiger partial charge on any atom is 0.479 e. The van der Waals surface area contributed by atoms with E-state index in [0.29, 0.717) is 0 Å². The fourth-order valence-corrected chi connectivity index (χ4v) is 8.33. The average Bonchev–Trinajstić information content (AvgIpc) is 3.22. The van der Waals surface area contributed by atoms with Crippen molar-refractivity contribution in [3.8, 4) is 0 Å². The van der Waals surface area contributed by atoms with E-state index >= 15 is 0 Å². The third kappa shape index (κ3) is 6.05. The van der Waals surface area contributed by atoms with Gasteiger partial charge in [-0.2, -0.15) is 8.78 Å². The van der Waals surface area contributed by atoms with Crippen LogP contribution in [0.3, 0.4) is 0 Å². The zero-order chi connectivity index (χ0) is 28.5. The maximum absolute atomic E-state index is 14.7. The Balaban J connectivity index is 1.77. The van der Waals surface area contributed by atoms with Crippen molar-refractivity contribution in [1.29, 1.82) is 0 Å². The molecule has 1 aromatic heterocycles. The Morgan fingerprint density at radius 3 is 2.47 bits per heavy atom. The van der Waals surface area contributed by atoms with E-state index in [0.717, 1.165) is 35.0 Å². The lowest BCUT2D eigenvalue weighted by molar-refractivity contribution is -0.0268. The van der Waals surface area contributed by atoms with Crippen LogP contribution in [0.15, 0.2) is 51.2 Å². The standard InChI is InChI=1S/C17H20F2N5O11P3/c1-10-8-24(16(26)21-15(10)25)14-7-12(22-23-20)13(34-14)9-33-38(31,32)35-37(29,30)17(18,19)36(27,28)11-5-3-2-4-6-11/h2-6,8,12-14H,7,9H2,1H3,(H,27,28)(H,29,30)(H,31,32)(H,21,25,26)/t12-,13+,14+/m0/s1. The number of azide groups is 1. The molecule has 3 unspecified atom stereocenters. The number of aromatic amines is 1. The van der Waals surface area contributed by atoms with E-state index in [-0.39, 0.29) is 12.0 Å². The number of ether oxygens (including phenoxy) is 1. The number of aryl methyl sites for hydroxylation is 1. The first-order valence-corrected chi connectivity index (χ1v) is 15.1. The van der Waals surface area contributed by atoms with E-state index < -0.39 is 69.7 Å². The highest BCUT2D eigenvalue weighted by atomic mass is 31.3. The van der Waals surface area contributed by atoms with Gasteiger partial charge in [0, 0.05) is 28.4 Å². The first kappa shape index (κ1) is 30.1. The summed E-state index contributed by atoms with van der Waals surface area (Å²) in [6.07, 6.45) is -1.61. The van der Waals surface area contributed by atoms with Crippen molar-refractivity contribution < 1.29 is 50.7 Å². The molecule has 0 aliphatic carbocycles. The predicted octanol–water partition coefficient (Wildman–Crippen LogP) is 2.28. The lowest BCUT2D eigenvalue weighted by atomic mass is 10.1. The van der Waals surface area contributed by atoms with Gasteiger partial charge in [-0.15, -0.1) is 0 Å². The number of rotatable bonds is 10. The molecule has 0 radical (unpaired) electrons. The molecular weight excluding hydrogens is 581 g/mol. The van der Waals surface area contributed by atoms with Gasteiger partial charge in [-0.3, -0.25) is 28.0 Å². The van der Waals surface area contributed by atoms with Crippen LogP contribution >= 0.6 is 22.8 Å². The number of alkyl halides is 2. The molecule has 16 nitrogen and oxygen atoms in total. The summed E-state index contributed by atoms with van der Waals surface area (Å²) in [4.78, 5) is 57.8. The molecule has 3 rings (SSSR count). The van der Waals surface area contributed by atoms with E-state index in [1.54, 1.807) is 0 Å². The first-order chi connectivity index (χ1) is 17.5. The second-order valence-electron chi connectivity index (χ2n) is 7.90. The summed E-state index contributed by atoms with van der Waals surface area (Å²) in [6, 6.07) is 3.94. The minimum atomic E-state index is -6.66. The summed E-state index contributed by atoms with van der Waals surface area (Å²) >= 11 is 0. The molecule has 0 spiro atoms. The molecule has 38 heavy (non-hydrogen) atoms. The minimum Gasteiger partial charge on any atom is -0.352 e. The van der Waals surface area contributed by atoms with Gasteiger partial charge in [0.05, 0.1) is 18.8 Å². The van der Waals surface area contributed by atoms with Gasteiger partial charge in [0.15, 0.2) is 0 Å². The molecule has 1 aromatic carbocycles. The number of hydrogen-bond acceptors (Lipinski definition) is 9.